The smallest absolute Gasteiger partial charge is 0.347 e. The number of hydrogen-bond donors (Lipinski definition) is 0. The molecule has 0 spiro atoms. The maximum absolute atomic E-state index is 12.0. The number of benzene rings is 1. The molecule has 0 amide bonds. The monoisotopic (exact) mass is 316 g/mol. The van der Waals surface area contributed by atoms with Crippen LogP contribution in [0.25, 0.3) is 11.0 Å². The van der Waals surface area contributed by atoms with E-state index in [9.17, 15) is 9.59 Å². The average molecular weight is 316 g/mol. The summed E-state index contributed by atoms with van der Waals surface area (Å²) in [6.45, 7) is 3.93. The van der Waals surface area contributed by atoms with Crippen LogP contribution in [0, 0.1) is 0 Å². The zero-order chi connectivity index (χ0) is 16.4. The summed E-state index contributed by atoms with van der Waals surface area (Å²) in [5.74, 6) is 0.115. The predicted molar refractivity (Wildman–Crippen MR) is 85.8 cm³/mol. The lowest BCUT2D eigenvalue weighted by atomic mass is 10.1. The fourth-order valence-electron chi connectivity index (χ4n) is 3.03. The van der Waals surface area contributed by atoms with Gasteiger partial charge in [-0.05, 0) is 50.3 Å². The highest BCUT2D eigenvalue weighted by molar-refractivity contribution is 5.83. The minimum atomic E-state index is -0.659. The first-order chi connectivity index (χ1) is 11.1. The molecule has 0 saturated heterocycles. The van der Waals surface area contributed by atoms with E-state index in [4.69, 9.17) is 13.9 Å². The molecule has 0 unspecified atom stereocenters. The highest BCUT2D eigenvalue weighted by atomic mass is 16.6. The van der Waals surface area contributed by atoms with Crippen molar-refractivity contribution in [2.75, 3.05) is 6.61 Å². The van der Waals surface area contributed by atoms with Crippen LogP contribution in [-0.2, 0) is 22.4 Å². The Morgan fingerprint density at radius 3 is 2.78 bits per heavy atom. The van der Waals surface area contributed by atoms with Crippen LogP contribution in [0.2, 0.25) is 0 Å². The van der Waals surface area contributed by atoms with Gasteiger partial charge in [0.1, 0.15) is 11.3 Å². The van der Waals surface area contributed by atoms with Crippen LogP contribution in [0.15, 0.2) is 27.4 Å². The number of ether oxygens (including phenoxy) is 2. The largest absolute Gasteiger partial charge is 0.479 e. The fraction of sp³-hybridized carbons (Fsp3) is 0.444. The molecule has 0 N–H and O–H groups in total. The molecule has 122 valence electrons. The summed E-state index contributed by atoms with van der Waals surface area (Å²) in [5, 5.41) is 0.952. The van der Waals surface area contributed by atoms with Gasteiger partial charge in [-0.3, -0.25) is 0 Å². The van der Waals surface area contributed by atoms with Gasteiger partial charge >= 0.3 is 11.6 Å². The maximum Gasteiger partial charge on any atom is 0.347 e. The zero-order valence-electron chi connectivity index (χ0n) is 13.4. The molecule has 1 aliphatic rings. The van der Waals surface area contributed by atoms with Gasteiger partial charge in [0.2, 0.25) is 0 Å². The second-order valence-electron chi connectivity index (χ2n) is 5.62. The Bertz CT molecular complexity index is 790. The topological polar surface area (TPSA) is 65.7 Å². The van der Waals surface area contributed by atoms with Crippen LogP contribution in [0.4, 0.5) is 0 Å². The van der Waals surface area contributed by atoms with E-state index in [0.717, 1.165) is 35.8 Å². The average Bonchev–Trinajstić information content (AvgIpc) is 3.03. The molecule has 1 atom stereocenters. The maximum atomic E-state index is 12.0. The quantitative estimate of drug-likeness (QED) is 0.626. The van der Waals surface area contributed by atoms with Crippen LogP contribution in [-0.4, -0.2) is 18.7 Å². The molecule has 1 heterocycles. The molecule has 0 aliphatic heterocycles. The van der Waals surface area contributed by atoms with Crippen molar-refractivity contribution in [3.8, 4) is 5.75 Å². The first-order valence-corrected chi connectivity index (χ1v) is 8.06. The molecule has 0 radical (unpaired) electrons. The van der Waals surface area contributed by atoms with Crippen LogP contribution in [0.5, 0.6) is 5.75 Å². The highest BCUT2D eigenvalue weighted by Crippen LogP contribution is 2.30. The van der Waals surface area contributed by atoms with E-state index >= 15 is 0 Å². The summed E-state index contributed by atoms with van der Waals surface area (Å²) in [5.41, 5.74) is 2.12. The fourth-order valence-corrected chi connectivity index (χ4v) is 3.03. The highest BCUT2D eigenvalue weighted by Gasteiger charge is 2.22. The predicted octanol–water partition coefficient (Wildman–Crippen LogP) is 3.00. The van der Waals surface area contributed by atoms with E-state index in [1.807, 2.05) is 19.1 Å². The summed E-state index contributed by atoms with van der Waals surface area (Å²) >= 11 is 0. The molecular weight excluding hydrogens is 296 g/mol. The minimum Gasteiger partial charge on any atom is -0.479 e. The van der Waals surface area contributed by atoms with Crippen LogP contribution in [0.3, 0.4) is 0 Å². The zero-order valence-corrected chi connectivity index (χ0v) is 13.4. The normalized spacial score (nSPS) is 14.5. The van der Waals surface area contributed by atoms with E-state index in [1.54, 1.807) is 13.0 Å². The van der Waals surface area contributed by atoms with Crippen LogP contribution in [0.1, 0.15) is 37.8 Å². The summed E-state index contributed by atoms with van der Waals surface area (Å²) in [4.78, 5) is 23.9. The van der Waals surface area contributed by atoms with Crippen molar-refractivity contribution in [2.24, 2.45) is 0 Å². The molecule has 0 fully saturated rings. The Labute approximate surface area is 134 Å². The Morgan fingerprint density at radius 2 is 2.04 bits per heavy atom. The van der Waals surface area contributed by atoms with Gasteiger partial charge in [-0.2, -0.15) is 0 Å². The second kappa shape index (κ2) is 6.44. The molecule has 1 aromatic carbocycles. The molecule has 1 aromatic heterocycles. The van der Waals surface area contributed by atoms with E-state index in [1.165, 1.54) is 0 Å². The van der Waals surface area contributed by atoms with Crippen molar-refractivity contribution in [1.82, 2.24) is 0 Å². The van der Waals surface area contributed by atoms with Crippen molar-refractivity contribution < 1.29 is 18.7 Å². The first kappa shape index (κ1) is 15.6. The van der Waals surface area contributed by atoms with Gasteiger partial charge in [-0.1, -0.05) is 6.92 Å². The lowest BCUT2D eigenvalue weighted by Crippen LogP contribution is -2.28. The Morgan fingerprint density at radius 1 is 1.26 bits per heavy atom. The van der Waals surface area contributed by atoms with Crippen molar-refractivity contribution in [3.05, 3.63) is 39.7 Å². The molecule has 5 nitrogen and oxygen atoms in total. The Balaban J connectivity index is 1.93. The SMILES string of the molecule is CCOC(=O)[C@H](CC)Oc1ccc2c3c(c(=O)oc2c1)CCC3. The number of hydrogen-bond acceptors (Lipinski definition) is 5. The van der Waals surface area contributed by atoms with Crippen molar-refractivity contribution in [2.45, 2.75) is 45.6 Å². The second-order valence-corrected chi connectivity index (χ2v) is 5.62. The lowest BCUT2D eigenvalue weighted by molar-refractivity contribution is -0.151. The van der Waals surface area contributed by atoms with E-state index < -0.39 is 6.10 Å². The molecule has 2 aromatic rings. The number of aryl methyl sites for hydroxylation is 1. The van der Waals surface area contributed by atoms with Crippen LogP contribution < -0.4 is 10.4 Å². The van der Waals surface area contributed by atoms with Gasteiger partial charge in [0.15, 0.2) is 6.10 Å². The third kappa shape index (κ3) is 2.96. The lowest BCUT2D eigenvalue weighted by Gasteiger charge is -2.16. The van der Waals surface area contributed by atoms with Crippen LogP contribution >= 0.6 is 0 Å². The van der Waals surface area contributed by atoms with Crippen molar-refractivity contribution in [3.63, 3.8) is 0 Å². The van der Waals surface area contributed by atoms with Gasteiger partial charge in [0.25, 0.3) is 0 Å². The summed E-state index contributed by atoms with van der Waals surface area (Å²) in [6.07, 6.45) is 2.52. The van der Waals surface area contributed by atoms with Gasteiger partial charge in [-0.25, -0.2) is 9.59 Å². The number of rotatable bonds is 5. The van der Waals surface area contributed by atoms with Gasteiger partial charge in [0.05, 0.1) is 6.61 Å². The number of esters is 1. The number of carbonyl (C=O) groups excluding carboxylic acids is 1. The Hall–Kier alpha value is -2.30. The molecule has 0 saturated carbocycles. The first-order valence-electron chi connectivity index (χ1n) is 8.06. The third-order valence-corrected chi connectivity index (χ3v) is 4.14. The number of fused-ring (bicyclic) bond motifs is 3. The molecule has 23 heavy (non-hydrogen) atoms. The van der Waals surface area contributed by atoms with E-state index in [2.05, 4.69) is 0 Å². The van der Waals surface area contributed by atoms with Crippen molar-refractivity contribution in [1.29, 1.82) is 0 Å². The van der Waals surface area contributed by atoms with Crippen molar-refractivity contribution >= 4 is 16.9 Å². The summed E-state index contributed by atoms with van der Waals surface area (Å²) in [6, 6.07) is 5.38. The Kier molecular flexibility index (Phi) is 4.37. The minimum absolute atomic E-state index is 0.264. The number of carbonyl (C=O) groups is 1. The van der Waals surface area contributed by atoms with Gasteiger partial charge < -0.3 is 13.9 Å². The molecule has 0 bridgehead atoms. The van der Waals surface area contributed by atoms with Gasteiger partial charge in [0, 0.05) is 17.0 Å². The summed E-state index contributed by atoms with van der Waals surface area (Å²) < 4.78 is 16.1. The van der Waals surface area contributed by atoms with E-state index in [-0.39, 0.29) is 11.6 Å². The molecule has 3 rings (SSSR count). The molecule has 1 aliphatic carbocycles. The van der Waals surface area contributed by atoms with Gasteiger partial charge in [-0.15, -0.1) is 0 Å². The third-order valence-electron chi connectivity index (χ3n) is 4.14. The van der Waals surface area contributed by atoms with E-state index in [0.29, 0.717) is 24.4 Å². The molecule has 5 heteroatoms. The standard InChI is InChI=1S/C18H20O5/c1-3-15(18(20)21-4-2)22-11-8-9-13-12-6-5-7-14(12)17(19)23-16(13)10-11/h8-10,15H,3-7H2,1-2H3/t15-/m0/s1. The summed E-state index contributed by atoms with van der Waals surface area (Å²) in [7, 11) is 0. The molecular formula is C18H20O5.